The van der Waals surface area contributed by atoms with E-state index in [2.05, 4.69) is 41.1 Å². The van der Waals surface area contributed by atoms with Gasteiger partial charge in [0.05, 0.1) is 6.61 Å². The normalized spacial score (nSPS) is 11.0. The van der Waals surface area contributed by atoms with E-state index >= 15 is 0 Å². The molecule has 1 aromatic carbocycles. The largest absolute Gasteiger partial charge is 0.395 e. The molecule has 1 N–H and O–H groups in total. The monoisotopic (exact) mass is 284 g/mol. The minimum Gasteiger partial charge on any atom is -0.395 e. The molecule has 0 radical (unpaired) electrons. The molecule has 2 aromatic rings. The van der Waals surface area contributed by atoms with Crippen LogP contribution in [0.1, 0.15) is 25.3 Å². The highest BCUT2D eigenvalue weighted by molar-refractivity contribution is 5.63. The maximum absolute atomic E-state index is 9.20. The maximum atomic E-state index is 9.20. The summed E-state index contributed by atoms with van der Waals surface area (Å²) in [6, 6.07) is 12.7. The van der Waals surface area contributed by atoms with Gasteiger partial charge in [-0.2, -0.15) is 0 Å². The molecule has 0 unspecified atom stereocenters. The first kappa shape index (κ1) is 15.7. The highest BCUT2D eigenvalue weighted by Gasteiger charge is 2.06. The summed E-state index contributed by atoms with van der Waals surface area (Å²) in [4.78, 5) is 6.38. The van der Waals surface area contributed by atoms with Gasteiger partial charge in [0.1, 0.15) is 0 Å². The van der Waals surface area contributed by atoms with E-state index in [1.165, 1.54) is 29.5 Å². The molecular weight excluding hydrogens is 260 g/mol. The van der Waals surface area contributed by atoms with Crippen molar-refractivity contribution in [3.8, 4) is 11.1 Å². The van der Waals surface area contributed by atoms with Gasteiger partial charge in [-0.25, -0.2) is 0 Å². The van der Waals surface area contributed by atoms with Crippen molar-refractivity contribution in [2.24, 2.45) is 0 Å². The number of unbranched alkanes of at least 4 members (excludes halogenated alkanes) is 1. The molecule has 0 saturated carbocycles. The lowest BCUT2D eigenvalue weighted by Crippen LogP contribution is -2.27. The van der Waals surface area contributed by atoms with Crippen molar-refractivity contribution in [3.63, 3.8) is 0 Å². The second-order valence-electron chi connectivity index (χ2n) is 5.29. The van der Waals surface area contributed by atoms with Crippen molar-refractivity contribution < 1.29 is 5.11 Å². The summed E-state index contributed by atoms with van der Waals surface area (Å²) in [5.74, 6) is 0. The Hall–Kier alpha value is -1.71. The highest BCUT2D eigenvalue weighted by atomic mass is 16.3. The molecule has 0 aliphatic heterocycles. The summed E-state index contributed by atoms with van der Waals surface area (Å²) in [6.07, 6.45) is 5.99. The van der Waals surface area contributed by atoms with Crippen LogP contribution >= 0.6 is 0 Å². The zero-order valence-electron chi connectivity index (χ0n) is 12.7. The third-order valence-electron chi connectivity index (χ3n) is 3.59. The fraction of sp³-hybridized carbons (Fsp3) is 0.389. The number of hydrogen-bond donors (Lipinski definition) is 1. The molecule has 3 heteroatoms. The molecule has 0 aliphatic rings. The Kier molecular flexibility index (Phi) is 6.38. The molecule has 0 saturated heterocycles. The van der Waals surface area contributed by atoms with Crippen LogP contribution in [0.5, 0.6) is 0 Å². The minimum atomic E-state index is 0.216. The second-order valence-corrected chi connectivity index (χ2v) is 5.29. The van der Waals surface area contributed by atoms with Gasteiger partial charge in [0.15, 0.2) is 0 Å². The van der Waals surface area contributed by atoms with Crippen LogP contribution in [0.2, 0.25) is 0 Å². The van der Waals surface area contributed by atoms with Crippen LogP contribution in [0.3, 0.4) is 0 Å². The summed E-state index contributed by atoms with van der Waals surface area (Å²) >= 11 is 0. The summed E-state index contributed by atoms with van der Waals surface area (Å²) in [5, 5.41) is 9.20. The molecular formula is C18H24N2O. The van der Waals surface area contributed by atoms with Gasteiger partial charge < -0.3 is 5.11 Å². The quantitative estimate of drug-likeness (QED) is 0.807. The van der Waals surface area contributed by atoms with E-state index in [-0.39, 0.29) is 6.61 Å². The Morgan fingerprint density at radius 2 is 1.86 bits per heavy atom. The standard InChI is InChI=1S/C18H24N2O/c1-2-3-11-20(12-13-21)15-16-5-4-6-18(14-16)17-7-9-19-10-8-17/h4-10,14,21H,2-3,11-13,15H2,1H3. The first-order valence-corrected chi connectivity index (χ1v) is 7.66. The number of pyridine rings is 1. The van der Waals surface area contributed by atoms with E-state index in [0.717, 1.165) is 19.6 Å². The van der Waals surface area contributed by atoms with Gasteiger partial charge in [0.25, 0.3) is 0 Å². The van der Waals surface area contributed by atoms with Gasteiger partial charge in [-0.15, -0.1) is 0 Å². The highest BCUT2D eigenvalue weighted by Crippen LogP contribution is 2.20. The van der Waals surface area contributed by atoms with Crippen molar-refractivity contribution in [1.82, 2.24) is 9.88 Å². The second kappa shape index (κ2) is 8.55. The topological polar surface area (TPSA) is 36.4 Å². The van der Waals surface area contributed by atoms with E-state index in [1.54, 1.807) is 0 Å². The zero-order valence-corrected chi connectivity index (χ0v) is 12.7. The Balaban J connectivity index is 2.09. The number of nitrogens with zero attached hydrogens (tertiary/aromatic N) is 2. The Labute approximate surface area is 127 Å². The minimum absolute atomic E-state index is 0.216. The fourth-order valence-corrected chi connectivity index (χ4v) is 2.44. The molecule has 0 aliphatic carbocycles. The van der Waals surface area contributed by atoms with Crippen LogP contribution in [0, 0.1) is 0 Å². The van der Waals surface area contributed by atoms with E-state index in [9.17, 15) is 5.11 Å². The van der Waals surface area contributed by atoms with E-state index in [4.69, 9.17) is 0 Å². The van der Waals surface area contributed by atoms with Gasteiger partial charge in [0.2, 0.25) is 0 Å². The van der Waals surface area contributed by atoms with Crippen LogP contribution in [0.25, 0.3) is 11.1 Å². The predicted octanol–water partition coefficient (Wildman–Crippen LogP) is 3.34. The van der Waals surface area contributed by atoms with Crippen molar-refractivity contribution in [3.05, 3.63) is 54.4 Å². The third kappa shape index (κ3) is 4.96. The predicted molar refractivity (Wildman–Crippen MR) is 86.9 cm³/mol. The summed E-state index contributed by atoms with van der Waals surface area (Å²) in [7, 11) is 0. The van der Waals surface area contributed by atoms with Gasteiger partial charge in [-0.1, -0.05) is 31.5 Å². The van der Waals surface area contributed by atoms with E-state index in [0.29, 0.717) is 0 Å². The summed E-state index contributed by atoms with van der Waals surface area (Å²) in [5.41, 5.74) is 3.69. The smallest absolute Gasteiger partial charge is 0.0558 e. The van der Waals surface area contributed by atoms with Gasteiger partial charge in [-0.3, -0.25) is 9.88 Å². The number of benzene rings is 1. The summed E-state index contributed by atoms with van der Waals surface area (Å²) < 4.78 is 0. The molecule has 1 aromatic heterocycles. The van der Waals surface area contributed by atoms with Crippen molar-refractivity contribution in [2.75, 3.05) is 19.7 Å². The number of hydrogen-bond acceptors (Lipinski definition) is 3. The zero-order chi connectivity index (χ0) is 14.9. The fourth-order valence-electron chi connectivity index (χ4n) is 2.44. The Morgan fingerprint density at radius 3 is 2.57 bits per heavy atom. The molecule has 0 spiro atoms. The lowest BCUT2D eigenvalue weighted by Gasteiger charge is -2.21. The lowest BCUT2D eigenvalue weighted by atomic mass is 10.0. The van der Waals surface area contributed by atoms with Gasteiger partial charge in [-0.05, 0) is 47.9 Å². The Bertz CT molecular complexity index is 528. The van der Waals surface area contributed by atoms with E-state index < -0.39 is 0 Å². The average Bonchev–Trinajstić information content (AvgIpc) is 2.54. The first-order chi connectivity index (χ1) is 10.3. The van der Waals surface area contributed by atoms with Gasteiger partial charge in [0, 0.05) is 25.5 Å². The number of aliphatic hydroxyl groups excluding tert-OH is 1. The summed E-state index contributed by atoms with van der Waals surface area (Å²) in [6.45, 7) is 5.07. The first-order valence-electron chi connectivity index (χ1n) is 7.66. The van der Waals surface area contributed by atoms with Crippen LogP contribution in [-0.4, -0.2) is 34.7 Å². The Morgan fingerprint density at radius 1 is 1.05 bits per heavy atom. The molecule has 2 rings (SSSR count). The number of aliphatic hydroxyl groups is 1. The molecule has 1 heterocycles. The van der Waals surface area contributed by atoms with E-state index in [1.807, 2.05) is 24.5 Å². The molecule has 0 atom stereocenters. The maximum Gasteiger partial charge on any atom is 0.0558 e. The molecule has 0 amide bonds. The van der Waals surface area contributed by atoms with Crippen molar-refractivity contribution in [2.45, 2.75) is 26.3 Å². The third-order valence-corrected chi connectivity index (χ3v) is 3.59. The van der Waals surface area contributed by atoms with Crippen molar-refractivity contribution >= 4 is 0 Å². The molecule has 21 heavy (non-hydrogen) atoms. The molecule has 0 fully saturated rings. The molecule has 0 bridgehead atoms. The van der Waals surface area contributed by atoms with Gasteiger partial charge >= 0.3 is 0 Å². The van der Waals surface area contributed by atoms with Crippen molar-refractivity contribution in [1.29, 1.82) is 0 Å². The van der Waals surface area contributed by atoms with Crippen LogP contribution in [-0.2, 0) is 6.54 Å². The van der Waals surface area contributed by atoms with Crippen LogP contribution in [0.15, 0.2) is 48.8 Å². The number of rotatable bonds is 8. The lowest BCUT2D eigenvalue weighted by molar-refractivity contribution is 0.188. The van der Waals surface area contributed by atoms with Crippen LogP contribution in [0.4, 0.5) is 0 Å². The molecule has 3 nitrogen and oxygen atoms in total. The average molecular weight is 284 g/mol. The number of aromatic nitrogens is 1. The molecule has 112 valence electrons. The SMILES string of the molecule is CCCCN(CCO)Cc1cccc(-c2ccncc2)c1. The van der Waals surface area contributed by atoms with Crippen LogP contribution < -0.4 is 0 Å².